The first-order valence-corrected chi connectivity index (χ1v) is 10.2. The topological polar surface area (TPSA) is 76.1 Å². The number of carbonyl (C=O) groups excluding carboxylic acids is 1. The highest BCUT2D eigenvalue weighted by Gasteiger charge is 2.24. The largest absolute Gasteiger partial charge is 0.383 e. The number of rotatable bonds is 9. The van der Waals surface area contributed by atoms with Gasteiger partial charge in [0.05, 0.1) is 6.61 Å². The van der Waals surface area contributed by atoms with Gasteiger partial charge in [0.1, 0.15) is 11.1 Å². The minimum Gasteiger partial charge on any atom is -0.383 e. The third-order valence-corrected chi connectivity index (χ3v) is 5.88. The zero-order valence-electron chi connectivity index (χ0n) is 15.1. The van der Waals surface area contributed by atoms with Crippen molar-refractivity contribution in [2.24, 2.45) is 0 Å². The lowest BCUT2D eigenvalue weighted by molar-refractivity contribution is -0.115. The van der Waals surface area contributed by atoms with Crippen LogP contribution in [0.25, 0.3) is 0 Å². The Bertz CT molecular complexity index is 890. The number of hydrogen-bond acceptors (Lipinski definition) is 7. The lowest BCUT2D eigenvalue weighted by atomic mass is 10.1. The summed E-state index contributed by atoms with van der Waals surface area (Å²) in [4.78, 5) is 12.9. The van der Waals surface area contributed by atoms with Gasteiger partial charge in [-0.25, -0.2) is 4.39 Å². The zero-order valence-corrected chi connectivity index (χ0v) is 16.7. The van der Waals surface area contributed by atoms with Crippen molar-refractivity contribution in [1.29, 1.82) is 0 Å². The Balaban J connectivity index is 1.74. The fourth-order valence-electron chi connectivity index (χ4n) is 2.33. The van der Waals surface area contributed by atoms with Gasteiger partial charge in [0.2, 0.25) is 11.0 Å². The Morgan fingerprint density at radius 1 is 1.18 bits per heavy atom. The molecule has 2 aromatic carbocycles. The van der Waals surface area contributed by atoms with E-state index < -0.39 is 5.25 Å². The second-order valence-electron chi connectivity index (χ2n) is 5.70. The molecule has 1 aromatic heterocycles. The fourth-order valence-corrected chi connectivity index (χ4v) is 4.30. The number of nitrogens with zero attached hydrogens (tertiary/aromatic N) is 2. The molecule has 146 valence electrons. The maximum atomic E-state index is 13.1. The van der Waals surface area contributed by atoms with Gasteiger partial charge in [0.15, 0.2) is 4.34 Å². The molecule has 0 saturated carbocycles. The molecule has 0 fully saturated rings. The van der Waals surface area contributed by atoms with Crippen LogP contribution < -0.4 is 10.6 Å². The smallest absolute Gasteiger partial charge is 0.242 e. The maximum absolute atomic E-state index is 13.1. The number of carbonyl (C=O) groups is 1. The lowest BCUT2D eigenvalue weighted by Gasteiger charge is -2.15. The van der Waals surface area contributed by atoms with Gasteiger partial charge in [0.25, 0.3) is 0 Å². The average Bonchev–Trinajstić information content (AvgIpc) is 3.16. The summed E-state index contributed by atoms with van der Waals surface area (Å²) in [6.45, 7) is 1.19. The van der Waals surface area contributed by atoms with Gasteiger partial charge in [-0.2, -0.15) is 0 Å². The third kappa shape index (κ3) is 5.75. The van der Waals surface area contributed by atoms with Crippen LogP contribution in [0.15, 0.2) is 58.9 Å². The first-order valence-electron chi connectivity index (χ1n) is 8.50. The number of benzene rings is 2. The molecule has 0 bridgehead atoms. The molecule has 1 atom stereocenters. The highest BCUT2D eigenvalue weighted by Crippen LogP contribution is 2.38. The van der Waals surface area contributed by atoms with E-state index in [-0.39, 0.29) is 11.7 Å². The lowest BCUT2D eigenvalue weighted by Crippen LogP contribution is -2.19. The van der Waals surface area contributed by atoms with Gasteiger partial charge in [-0.05, 0) is 29.8 Å². The Hall–Kier alpha value is -2.49. The Labute approximate surface area is 170 Å². The van der Waals surface area contributed by atoms with E-state index in [1.165, 1.54) is 47.4 Å². The van der Waals surface area contributed by atoms with Crippen LogP contribution in [0.3, 0.4) is 0 Å². The molecular formula is C19H19FN4O2S2. The van der Waals surface area contributed by atoms with Gasteiger partial charge in [-0.15, -0.1) is 10.2 Å². The van der Waals surface area contributed by atoms with Crippen LogP contribution in [0.2, 0.25) is 0 Å². The second-order valence-corrected chi connectivity index (χ2v) is 8.03. The van der Waals surface area contributed by atoms with Crippen molar-refractivity contribution in [2.75, 3.05) is 30.9 Å². The first kappa shape index (κ1) is 20.2. The molecule has 28 heavy (non-hydrogen) atoms. The number of hydrogen-bond donors (Lipinski definition) is 2. The molecule has 0 aliphatic heterocycles. The maximum Gasteiger partial charge on any atom is 0.242 e. The van der Waals surface area contributed by atoms with Crippen molar-refractivity contribution in [3.8, 4) is 0 Å². The Kier molecular flexibility index (Phi) is 7.35. The minimum absolute atomic E-state index is 0.216. The van der Waals surface area contributed by atoms with E-state index in [0.29, 0.717) is 28.3 Å². The van der Waals surface area contributed by atoms with Crippen molar-refractivity contribution >= 4 is 39.8 Å². The van der Waals surface area contributed by atoms with E-state index in [0.717, 1.165) is 5.56 Å². The molecule has 3 rings (SSSR count). The van der Waals surface area contributed by atoms with E-state index in [1.807, 2.05) is 30.3 Å². The van der Waals surface area contributed by atoms with Crippen molar-refractivity contribution in [1.82, 2.24) is 10.2 Å². The predicted molar refractivity (Wildman–Crippen MR) is 110 cm³/mol. The number of thioether (sulfide) groups is 1. The number of ether oxygens (including phenoxy) is 1. The van der Waals surface area contributed by atoms with E-state index in [4.69, 9.17) is 4.74 Å². The van der Waals surface area contributed by atoms with Crippen molar-refractivity contribution in [3.05, 3.63) is 66.0 Å². The number of nitrogens with one attached hydrogen (secondary N) is 2. The molecule has 0 spiro atoms. The van der Waals surface area contributed by atoms with Crippen LogP contribution in [0.5, 0.6) is 0 Å². The summed E-state index contributed by atoms with van der Waals surface area (Å²) in [5.74, 6) is -0.568. The summed E-state index contributed by atoms with van der Waals surface area (Å²) in [6, 6.07) is 15.1. The predicted octanol–water partition coefficient (Wildman–Crippen LogP) is 4.21. The molecule has 9 heteroatoms. The van der Waals surface area contributed by atoms with E-state index >= 15 is 0 Å². The molecular weight excluding hydrogens is 399 g/mol. The molecule has 6 nitrogen and oxygen atoms in total. The summed E-state index contributed by atoms with van der Waals surface area (Å²) in [5, 5.41) is 14.4. The van der Waals surface area contributed by atoms with Gasteiger partial charge >= 0.3 is 0 Å². The van der Waals surface area contributed by atoms with E-state index in [9.17, 15) is 9.18 Å². The van der Waals surface area contributed by atoms with Crippen molar-refractivity contribution in [2.45, 2.75) is 9.59 Å². The third-order valence-electron chi connectivity index (χ3n) is 3.66. The number of amides is 1. The molecule has 3 aromatic rings. The highest BCUT2D eigenvalue weighted by molar-refractivity contribution is 8.02. The second kappa shape index (κ2) is 10.2. The molecule has 1 amide bonds. The molecule has 2 N–H and O–H groups in total. The van der Waals surface area contributed by atoms with Gasteiger partial charge in [-0.1, -0.05) is 53.4 Å². The zero-order chi connectivity index (χ0) is 19.8. The SMILES string of the molecule is COCCNc1nnc(SC(C(=O)Nc2ccc(F)cc2)c2ccccc2)s1. The van der Waals surface area contributed by atoms with E-state index in [2.05, 4.69) is 20.8 Å². The van der Waals surface area contributed by atoms with Crippen LogP contribution in [0.1, 0.15) is 10.8 Å². The molecule has 0 aliphatic carbocycles. The van der Waals surface area contributed by atoms with E-state index in [1.54, 1.807) is 7.11 Å². The van der Waals surface area contributed by atoms with Crippen LogP contribution in [0, 0.1) is 5.82 Å². The van der Waals surface area contributed by atoms with Crippen LogP contribution in [0.4, 0.5) is 15.2 Å². The normalized spacial score (nSPS) is 11.8. The standard InChI is InChI=1S/C19H19FN4O2S2/c1-26-12-11-21-18-23-24-19(28-18)27-16(13-5-3-2-4-6-13)17(25)22-15-9-7-14(20)8-10-15/h2-10,16H,11-12H2,1H3,(H,21,23)(H,22,25). The first-order chi connectivity index (χ1) is 13.7. The number of anilines is 2. The van der Waals surface area contributed by atoms with Crippen LogP contribution in [-0.4, -0.2) is 36.4 Å². The quantitative estimate of drug-likeness (QED) is 0.401. The molecule has 0 radical (unpaired) electrons. The van der Waals surface area contributed by atoms with Gasteiger partial charge < -0.3 is 15.4 Å². The summed E-state index contributed by atoms with van der Waals surface area (Å²) in [6.07, 6.45) is 0. The number of methoxy groups -OCH3 is 1. The van der Waals surface area contributed by atoms with Gasteiger partial charge in [-0.3, -0.25) is 4.79 Å². The molecule has 0 aliphatic rings. The monoisotopic (exact) mass is 418 g/mol. The molecule has 0 saturated heterocycles. The summed E-state index contributed by atoms with van der Waals surface area (Å²) < 4.78 is 18.8. The summed E-state index contributed by atoms with van der Waals surface area (Å²) >= 11 is 2.70. The average molecular weight is 419 g/mol. The molecule has 1 unspecified atom stereocenters. The van der Waals surface area contributed by atoms with Crippen molar-refractivity contribution in [3.63, 3.8) is 0 Å². The minimum atomic E-state index is -0.522. The fraction of sp³-hybridized carbons (Fsp3) is 0.211. The highest BCUT2D eigenvalue weighted by atomic mass is 32.2. The van der Waals surface area contributed by atoms with Crippen LogP contribution >= 0.6 is 23.1 Å². The Morgan fingerprint density at radius 2 is 1.93 bits per heavy atom. The summed E-state index contributed by atoms with van der Waals surface area (Å²) in [7, 11) is 1.63. The Morgan fingerprint density at radius 3 is 2.64 bits per heavy atom. The molecule has 1 heterocycles. The van der Waals surface area contributed by atoms with Crippen molar-refractivity contribution < 1.29 is 13.9 Å². The summed E-state index contributed by atoms with van der Waals surface area (Å²) in [5.41, 5.74) is 1.38. The van der Waals surface area contributed by atoms with Crippen LogP contribution in [-0.2, 0) is 9.53 Å². The number of aromatic nitrogens is 2. The number of halogens is 1. The van der Waals surface area contributed by atoms with Gasteiger partial charge in [0, 0.05) is 19.3 Å².